The first-order chi connectivity index (χ1) is 45.5. The molecular formula is C85H52ClN3OS2. The Bertz CT molecular complexity index is 5840. The molecule has 0 fully saturated rings. The Kier molecular flexibility index (Phi) is 12.0. The Balaban J connectivity index is 0.847. The number of rotatable bonds is 9. The molecule has 4 heterocycles. The zero-order valence-corrected chi connectivity index (χ0v) is 51.9. The van der Waals surface area contributed by atoms with E-state index in [9.17, 15) is 0 Å². The molecule has 2 aliphatic rings. The second-order valence-electron chi connectivity index (χ2n) is 23.9. The maximum Gasteiger partial charge on any atom is 0.145 e. The van der Waals surface area contributed by atoms with Gasteiger partial charge in [0.25, 0.3) is 0 Å². The zero-order chi connectivity index (χ0) is 60.6. The van der Waals surface area contributed by atoms with Gasteiger partial charge in [-0.3, -0.25) is 0 Å². The van der Waals surface area contributed by atoms with Gasteiger partial charge in [-0.15, -0.1) is 11.3 Å². The van der Waals surface area contributed by atoms with Crippen molar-refractivity contribution in [3.8, 4) is 39.1 Å². The van der Waals surface area contributed by atoms with Gasteiger partial charge in [0.05, 0.1) is 33.2 Å². The number of hydrogen-bond acceptors (Lipinski definition) is 5. The van der Waals surface area contributed by atoms with Crippen molar-refractivity contribution in [2.75, 3.05) is 9.80 Å². The van der Waals surface area contributed by atoms with Gasteiger partial charge in [0, 0.05) is 90.7 Å². The number of halogens is 1. The molecule has 0 bridgehead atoms. The van der Waals surface area contributed by atoms with Gasteiger partial charge in [-0.25, -0.2) is 0 Å². The van der Waals surface area contributed by atoms with Crippen LogP contribution in [0.25, 0.3) is 103 Å². The highest BCUT2D eigenvalue weighted by Crippen LogP contribution is 2.64. The van der Waals surface area contributed by atoms with E-state index in [2.05, 4.69) is 330 Å². The van der Waals surface area contributed by atoms with Crippen LogP contribution in [0.5, 0.6) is 0 Å². The summed E-state index contributed by atoms with van der Waals surface area (Å²) in [5.74, 6) is 0. The average molecular weight is 1230 g/mol. The molecule has 0 amide bonds. The van der Waals surface area contributed by atoms with E-state index in [1.165, 1.54) is 68.6 Å². The van der Waals surface area contributed by atoms with Crippen LogP contribution in [-0.2, 0) is 5.41 Å². The van der Waals surface area contributed by atoms with Crippen molar-refractivity contribution in [2.45, 2.75) is 15.2 Å². The van der Waals surface area contributed by atoms with E-state index in [0.29, 0.717) is 5.02 Å². The lowest BCUT2D eigenvalue weighted by Crippen LogP contribution is -2.32. The Morgan fingerprint density at radius 1 is 0.359 bits per heavy atom. The summed E-state index contributed by atoms with van der Waals surface area (Å²) in [6.07, 6.45) is 0. The Hall–Kier alpha value is -10.9. The lowest BCUT2D eigenvalue weighted by molar-refractivity contribution is 0.670. The molecule has 0 N–H and O–H groups in total. The van der Waals surface area contributed by atoms with Crippen LogP contribution in [-0.4, -0.2) is 4.57 Å². The third-order valence-electron chi connectivity index (χ3n) is 19.1. The number of hydrogen-bond donors (Lipinski definition) is 0. The normalized spacial score (nSPS) is 13.9. The van der Waals surface area contributed by atoms with Crippen LogP contribution in [0.4, 0.5) is 34.1 Å². The second-order valence-corrected chi connectivity index (χ2v) is 26.5. The Morgan fingerprint density at radius 2 is 0.946 bits per heavy atom. The molecule has 0 saturated carbocycles. The molecule has 1 spiro atoms. The van der Waals surface area contributed by atoms with Crippen molar-refractivity contribution in [3.63, 3.8) is 0 Å². The predicted molar refractivity (Wildman–Crippen MR) is 388 cm³/mol. The molecule has 4 nitrogen and oxygen atoms in total. The van der Waals surface area contributed by atoms with E-state index in [4.69, 9.17) is 16.0 Å². The van der Waals surface area contributed by atoms with E-state index in [-0.39, 0.29) is 0 Å². The minimum atomic E-state index is -0.709. The van der Waals surface area contributed by atoms with Gasteiger partial charge in [-0.2, -0.15) is 0 Å². The number of anilines is 6. The summed E-state index contributed by atoms with van der Waals surface area (Å²) in [6.45, 7) is 0. The van der Waals surface area contributed by atoms with Crippen LogP contribution in [0.15, 0.2) is 330 Å². The minimum absolute atomic E-state index is 0.694. The van der Waals surface area contributed by atoms with E-state index >= 15 is 0 Å². The molecule has 3 aromatic heterocycles. The third kappa shape index (κ3) is 7.91. The van der Waals surface area contributed by atoms with Gasteiger partial charge >= 0.3 is 0 Å². The molecule has 19 rings (SSSR count). The van der Waals surface area contributed by atoms with Crippen molar-refractivity contribution in [1.29, 1.82) is 0 Å². The molecule has 92 heavy (non-hydrogen) atoms. The molecule has 0 radical (unpaired) electrons. The van der Waals surface area contributed by atoms with Crippen LogP contribution < -0.4 is 9.80 Å². The molecule has 432 valence electrons. The summed E-state index contributed by atoms with van der Waals surface area (Å²) >= 11 is 11.0. The molecule has 14 aromatic carbocycles. The monoisotopic (exact) mass is 1230 g/mol. The number of thiophene rings is 1. The lowest BCUT2D eigenvalue weighted by atomic mass is 9.67. The van der Waals surface area contributed by atoms with Gasteiger partial charge in [0.15, 0.2) is 0 Å². The molecule has 1 atom stereocenters. The fourth-order valence-electron chi connectivity index (χ4n) is 15.3. The maximum atomic E-state index is 7.30. The first kappa shape index (κ1) is 53.0. The Labute approximate surface area is 544 Å². The van der Waals surface area contributed by atoms with Crippen LogP contribution >= 0.6 is 34.7 Å². The number of para-hydroxylation sites is 4. The predicted octanol–water partition coefficient (Wildman–Crippen LogP) is 24.8. The molecule has 1 aliphatic heterocycles. The zero-order valence-electron chi connectivity index (χ0n) is 49.5. The van der Waals surface area contributed by atoms with E-state index in [1.54, 1.807) is 0 Å². The van der Waals surface area contributed by atoms with E-state index < -0.39 is 5.41 Å². The SMILES string of the molecule is Clc1ccc2c(c1)-c1cc(N(c3ccc4c(c3)c3ccccc3n4-c3ccccc3)c3ccc4sc5ccccc5c4c3-c3ccccc3)ccc1C21c2ccccc2Sc2cc(N(c3ccccc3)c3ccc(-c4ccccc4)c4oc5ccccc5c34)ccc21. The number of nitrogens with zero attached hydrogens (tertiary/aromatic N) is 3. The maximum absolute atomic E-state index is 7.30. The quantitative estimate of drug-likeness (QED) is 0.144. The number of fused-ring (bicyclic) bond motifs is 18. The summed E-state index contributed by atoms with van der Waals surface area (Å²) < 4.78 is 11.8. The fraction of sp³-hybridized carbons (Fsp3) is 0.0118. The summed E-state index contributed by atoms with van der Waals surface area (Å²) in [7, 11) is 0. The highest BCUT2D eigenvalue weighted by Gasteiger charge is 2.51. The molecular weight excluding hydrogens is 1180 g/mol. The highest BCUT2D eigenvalue weighted by molar-refractivity contribution is 7.99. The van der Waals surface area contributed by atoms with E-state index in [1.807, 2.05) is 23.1 Å². The largest absolute Gasteiger partial charge is 0.455 e. The topological polar surface area (TPSA) is 24.6 Å². The number of furan rings is 1. The second kappa shape index (κ2) is 20.9. The van der Waals surface area contributed by atoms with Gasteiger partial charge < -0.3 is 18.8 Å². The third-order valence-corrected chi connectivity index (χ3v) is 21.6. The van der Waals surface area contributed by atoms with Gasteiger partial charge in [0.1, 0.15) is 11.2 Å². The average Bonchev–Trinajstić information content (AvgIpc) is 1.47. The summed E-state index contributed by atoms with van der Waals surface area (Å²) in [5.41, 5.74) is 22.4. The van der Waals surface area contributed by atoms with Crippen molar-refractivity contribution < 1.29 is 4.42 Å². The summed E-state index contributed by atoms with van der Waals surface area (Å²) in [4.78, 5) is 7.33. The van der Waals surface area contributed by atoms with E-state index in [0.717, 1.165) is 101 Å². The van der Waals surface area contributed by atoms with Gasteiger partial charge in [-0.1, -0.05) is 211 Å². The first-order valence-corrected chi connectivity index (χ1v) is 33.2. The Morgan fingerprint density at radius 3 is 1.76 bits per heavy atom. The van der Waals surface area contributed by atoms with Crippen LogP contribution in [0.1, 0.15) is 22.3 Å². The molecule has 1 unspecified atom stereocenters. The van der Waals surface area contributed by atoms with Crippen molar-refractivity contribution in [2.24, 2.45) is 0 Å². The smallest absolute Gasteiger partial charge is 0.145 e. The molecule has 1 aliphatic carbocycles. The highest BCUT2D eigenvalue weighted by atomic mass is 35.5. The standard InChI is InChI=1S/C85H52ClN3OS2/c86-55-37-42-68-65(49-55)66-50-58(88(59-40-45-73-67(51-59)62-29-13-17-33-72(62)89(73)57-27-11-4-12-28-57)74-47-48-79-83(64-31-15-19-35-77(64)91-79)81(74)54-23-7-2-8-24-54)38-43-69(66)85(68)70-32-16-20-36-78(70)92-80-52-60(39-44-71(80)85)87(56-25-9-3-10-26-56)75-46-41-61(53-21-5-1-6-22-53)84-82(75)63-30-14-18-34-76(63)90-84/h1-52H. The van der Waals surface area contributed by atoms with Crippen molar-refractivity contribution in [3.05, 3.63) is 343 Å². The minimum Gasteiger partial charge on any atom is -0.455 e. The molecule has 0 saturated heterocycles. The summed E-state index contributed by atoms with van der Waals surface area (Å²) in [6, 6.07) is 116. The molecule has 17 aromatic rings. The van der Waals surface area contributed by atoms with Gasteiger partial charge in [0.2, 0.25) is 0 Å². The van der Waals surface area contributed by atoms with Crippen LogP contribution in [0.3, 0.4) is 0 Å². The van der Waals surface area contributed by atoms with Crippen LogP contribution in [0.2, 0.25) is 5.02 Å². The van der Waals surface area contributed by atoms with Crippen molar-refractivity contribution in [1.82, 2.24) is 4.57 Å². The molecule has 7 heteroatoms. The first-order valence-electron chi connectivity index (χ1n) is 31.2. The number of aromatic nitrogens is 1. The summed E-state index contributed by atoms with van der Waals surface area (Å²) in [5, 5.41) is 7.71. The van der Waals surface area contributed by atoms with Crippen molar-refractivity contribution >= 4 is 133 Å². The number of benzene rings is 14. The fourth-order valence-corrected chi connectivity index (χ4v) is 17.8. The van der Waals surface area contributed by atoms with Crippen LogP contribution in [0, 0.1) is 0 Å². The van der Waals surface area contributed by atoms with Gasteiger partial charge in [-0.05, 0) is 172 Å². The lowest BCUT2D eigenvalue weighted by Gasteiger charge is -2.40.